The minimum Gasteiger partial charge on any atom is -0.484 e. The number of hydrazone groups is 1. The predicted molar refractivity (Wildman–Crippen MR) is 96.5 cm³/mol. The molecule has 0 heterocycles. The lowest BCUT2D eigenvalue weighted by Gasteiger charge is -2.07. The molecule has 0 fully saturated rings. The van der Waals surface area contributed by atoms with Crippen LogP contribution in [0.3, 0.4) is 0 Å². The molecule has 2 rings (SSSR count). The maximum Gasteiger partial charge on any atom is 0.259 e. The van der Waals surface area contributed by atoms with Gasteiger partial charge in [-0.1, -0.05) is 42.5 Å². The van der Waals surface area contributed by atoms with E-state index in [9.17, 15) is 9.59 Å². The van der Waals surface area contributed by atoms with Gasteiger partial charge in [-0.15, -0.1) is 0 Å². The smallest absolute Gasteiger partial charge is 0.259 e. The monoisotopic (exact) mass is 339 g/mol. The van der Waals surface area contributed by atoms with Gasteiger partial charge < -0.3 is 10.1 Å². The number of hydrogen-bond donors (Lipinski definition) is 2. The first kappa shape index (κ1) is 18.2. The van der Waals surface area contributed by atoms with E-state index in [0.717, 1.165) is 11.1 Å². The largest absolute Gasteiger partial charge is 0.484 e. The molecule has 0 aliphatic rings. The summed E-state index contributed by atoms with van der Waals surface area (Å²) < 4.78 is 5.37. The van der Waals surface area contributed by atoms with Crippen molar-refractivity contribution in [3.8, 4) is 5.75 Å². The molecule has 0 saturated heterocycles. The summed E-state index contributed by atoms with van der Waals surface area (Å²) in [4.78, 5) is 23.4. The fourth-order valence-corrected chi connectivity index (χ4v) is 2.01. The molecule has 0 unspecified atom stereocenters. The van der Waals surface area contributed by atoms with E-state index >= 15 is 0 Å². The fourth-order valence-electron chi connectivity index (χ4n) is 2.01. The van der Waals surface area contributed by atoms with Gasteiger partial charge in [-0.25, -0.2) is 5.43 Å². The molecule has 0 saturated carbocycles. The summed E-state index contributed by atoms with van der Waals surface area (Å²) in [6.45, 7) is 3.42. The first-order chi connectivity index (χ1) is 12.0. The Labute approximate surface area is 146 Å². The molecular weight excluding hydrogens is 318 g/mol. The van der Waals surface area contributed by atoms with Crippen molar-refractivity contribution in [2.45, 2.75) is 13.8 Å². The molecule has 0 atom stereocenters. The van der Waals surface area contributed by atoms with Crippen molar-refractivity contribution in [2.24, 2.45) is 5.10 Å². The number of rotatable bonds is 7. The Morgan fingerprint density at radius 1 is 1.04 bits per heavy atom. The molecule has 2 aromatic rings. The Kier molecular flexibility index (Phi) is 6.71. The van der Waals surface area contributed by atoms with Crippen LogP contribution in [0.25, 0.3) is 0 Å². The topological polar surface area (TPSA) is 79.8 Å². The quantitative estimate of drug-likeness (QED) is 0.598. The van der Waals surface area contributed by atoms with Gasteiger partial charge in [0.15, 0.2) is 6.61 Å². The number of nitrogens with zero attached hydrogens (tertiary/aromatic N) is 1. The van der Waals surface area contributed by atoms with Crippen LogP contribution in [0.2, 0.25) is 0 Å². The normalized spacial score (nSPS) is 10.9. The van der Waals surface area contributed by atoms with E-state index in [1.54, 1.807) is 13.0 Å². The Morgan fingerprint density at radius 3 is 2.52 bits per heavy atom. The molecule has 0 spiro atoms. The van der Waals surface area contributed by atoms with Crippen LogP contribution in [0.15, 0.2) is 59.7 Å². The van der Waals surface area contributed by atoms with Gasteiger partial charge in [-0.2, -0.15) is 5.10 Å². The molecule has 2 aromatic carbocycles. The zero-order valence-corrected chi connectivity index (χ0v) is 14.3. The van der Waals surface area contributed by atoms with Crippen LogP contribution in [-0.4, -0.2) is 30.7 Å². The molecule has 25 heavy (non-hydrogen) atoms. The van der Waals surface area contributed by atoms with E-state index in [4.69, 9.17) is 4.74 Å². The maximum absolute atomic E-state index is 11.7. The van der Waals surface area contributed by atoms with Crippen LogP contribution in [-0.2, 0) is 9.59 Å². The molecule has 0 bridgehead atoms. The van der Waals surface area contributed by atoms with Crippen molar-refractivity contribution in [1.29, 1.82) is 0 Å². The van der Waals surface area contributed by atoms with Crippen LogP contribution in [0.1, 0.15) is 18.1 Å². The average molecular weight is 339 g/mol. The molecule has 130 valence electrons. The summed E-state index contributed by atoms with van der Waals surface area (Å²) in [5.74, 6) is -0.165. The van der Waals surface area contributed by atoms with Crippen molar-refractivity contribution in [1.82, 2.24) is 10.7 Å². The van der Waals surface area contributed by atoms with Crippen LogP contribution >= 0.6 is 0 Å². The standard InChI is InChI=1S/C19H21N3O3/c1-14-7-6-10-17(11-14)25-13-19(24)20-12-18(23)22-21-15(2)16-8-4-3-5-9-16/h3-11H,12-13H2,1-2H3,(H,20,24)(H,22,23)/b21-15+. The second kappa shape index (κ2) is 9.22. The third-order valence-electron chi connectivity index (χ3n) is 3.35. The van der Waals surface area contributed by atoms with Crippen molar-refractivity contribution in [3.63, 3.8) is 0 Å². The van der Waals surface area contributed by atoms with E-state index in [-0.39, 0.29) is 19.1 Å². The molecule has 6 heteroatoms. The van der Waals surface area contributed by atoms with Gasteiger partial charge in [0.25, 0.3) is 11.8 Å². The molecular formula is C19H21N3O3. The van der Waals surface area contributed by atoms with E-state index in [2.05, 4.69) is 15.8 Å². The highest BCUT2D eigenvalue weighted by Crippen LogP contribution is 2.11. The fraction of sp³-hybridized carbons (Fsp3) is 0.211. The zero-order chi connectivity index (χ0) is 18.1. The summed E-state index contributed by atoms with van der Waals surface area (Å²) in [6, 6.07) is 16.9. The number of carbonyl (C=O) groups excluding carboxylic acids is 2. The summed E-state index contributed by atoms with van der Waals surface area (Å²) in [7, 11) is 0. The van der Waals surface area contributed by atoms with Gasteiger partial charge in [0.1, 0.15) is 5.75 Å². The van der Waals surface area contributed by atoms with Crippen LogP contribution < -0.4 is 15.5 Å². The predicted octanol–water partition coefficient (Wildman–Crippen LogP) is 2.03. The van der Waals surface area contributed by atoms with Gasteiger partial charge in [-0.3, -0.25) is 9.59 Å². The highest BCUT2D eigenvalue weighted by molar-refractivity contribution is 5.99. The second-order valence-electron chi connectivity index (χ2n) is 5.48. The van der Waals surface area contributed by atoms with Gasteiger partial charge in [0, 0.05) is 0 Å². The van der Waals surface area contributed by atoms with Crippen molar-refractivity contribution in [3.05, 3.63) is 65.7 Å². The van der Waals surface area contributed by atoms with Gasteiger partial charge in [0.05, 0.1) is 12.3 Å². The molecule has 0 radical (unpaired) electrons. The highest BCUT2D eigenvalue weighted by atomic mass is 16.5. The molecule has 2 amide bonds. The lowest BCUT2D eigenvalue weighted by molar-refractivity contribution is -0.127. The molecule has 0 aliphatic carbocycles. The Hall–Kier alpha value is -3.15. The van der Waals surface area contributed by atoms with E-state index in [1.807, 2.05) is 55.5 Å². The minimum absolute atomic E-state index is 0.150. The first-order valence-electron chi connectivity index (χ1n) is 7.89. The third-order valence-corrected chi connectivity index (χ3v) is 3.35. The first-order valence-corrected chi connectivity index (χ1v) is 7.89. The van der Waals surface area contributed by atoms with E-state index < -0.39 is 5.91 Å². The Morgan fingerprint density at radius 2 is 1.80 bits per heavy atom. The SMILES string of the molecule is C/C(=N\NC(=O)CNC(=O)COc1cccc(C)c1)c1ccccc1. The third kappa shape index (κ3) is 6.47. The van der Waals surface area contributed by atoms with Crippen molar-refractivity contribution < 1.29 is 14.3 Å². The number of aryl methyl sites for hydroxylation is 1. The Bertz CT molecular complexity index is 758. The van der Waals surface area contributed by atoms with Gasteiger partial charge >= 0.3 is 0 Å². The molecule has 0 aromatic heterocycles. The average Bonchev–Trinajstić information content (AvgIpc) is 2.63. The molecule has 6 nitrogen and oxygen atoms in total. The second-order valence-corrected chi connectivity index (χ2v) is 5.48. The van der Waals surface area contributed by atoms with Gasteiger partial charge in [0.2, 0.25) is 0 Å². The number of hydrogen-bond acceptors (Lipinski definition) is 4. The van der Waals surface area contributed by atoms with E-state index in [1.165, 1.54) is 0 Å². The summed E-state index contributed by atoms with van der Waals surface area (Å²) >= 11 is 0. The van der Waals surface area contributed by atoms with Gasteiger partial charge in [-0.05, 0) is 37.1 Å². The number of amides is 2. The zero-order valence-electron chi connectivity index (χ0n) is 14.3. The van der Waals surface area contributed by atoms with Crippen LogP contribution in [0, 0.1) is 6.92 Å². The summed E-state index contributed by atoms with van der Waals surface area (Å²) in [5, 5.41) is 6.50. The lowest BCUT2D eigenvalue weighted by Crippen LogP contribution is -2.37. The lowest BCUT2D eigenvalue weighted by atomic mass is 10.1. The van der Waals surface area contributed by atoms with Crippen LogP contribution in [0.5, 0.6) is 5.75 Å². The Balaban J connectivity index is 1.71. The number of nitrogens with one attached hydrogen (secondary N) is 2. The maximum atomic E-state index is 11.7. The minimum atomic E-state index is -0.404. The highest BCUT2D eigenvalue weighted by Gasteiger charge is 2.06. The number of benzene rings is 2. The number of ether oxygens (including phenoxy) is 1. The van der Waals surface area contributed by atoms with E-state index in [0.29, 0.717) is 11.5 Å². The summed E-state index contributed by atoms with van der Waals surface area (Å²) in [5.41, 5.74) is 5.05. The van der Waals surface area contributed by atoms with Crippen LogP contribution in [0.4, 0.5) is 0 Å². The molecule has 2 N–H and O–H groups in total. The molecule has 0 aliphatic heterocycles. The summed E-state index contributed by atoms with van der Waals surface area (Å²) in [6.07, 6.45) is 0. The number of carbonyl (C=O) groups is 2. The van der Waals surface area contributed by atoms with Crippen molar-refractivity contribution in [2.75, 3.05) is 13.2 Å². The van der Waals surface area contributed by atoms with Crippen molar-refractivity contribution >= 4 is 17.5 Å².